The third-order valence-electron chi connectivity index (χ3n) is 4.45. The van der Waals surface area contributed by atoms with Gasteiger partial charge in [0, 0.05) is 12.4 Å². The van der Waals surface area contributed by atoms with Gasteiger partial charge in [-0.3, -0.25) is 4.99 Å². The van der Waals surface area contributed by atoms with E-state index in [1.807, 2.05) is 6.92 Å². The van der Waals surface area contributed by atoms with Crippen LogP contribution >= 0.6 is 35.3 Å². The molecule has 0 amide bonds. The summed E-state index contributed by atoms with van der Waals surface area (Å²) in [6, 6.07) is 4.50. The lowest BCUT2D eigenvalue weighted by Crippen LogP contribution is -2.38. The molecule has 3 rings (SSSR count). The number of aromatic nitrogens is 1. The van der Waals surface area contributed by atoms with Crippen molar-refractivity contribution in [1.82, 2.24) is 15.6 Å². The first-order valence-corrected chi connectivity index (χ1v) is 10.0. The molecular formula is C19H23F4IN4OS. The van der Waals surface area contributed by atoms with Crippen LogP contribution in [0, 0.1) is 11.7 Å². The molecule has 0 aliphatic heterocycles. The average molecular weight is 558 g/mol. The molecule has 1 unspecified atom stereocenters. The Morgan fingerprint density at radius 1 is 1.37 bits per heavy atom. The van der Waals surface area contributed by atoms with Crippen molar-refractivity contribution >= 4 is 41.3 Å². The normalized spacial score (nSPS) is 15.3. The molecule has 11 heteroatoms. The lowest BCUT2D eigenvalue weighted by atomic mass is 10.1. The van der Waals surface area contributed by atoms with Crippen molar-refractivity contribution in [2.24, 2.45) is 10.9 Å². The van der Waals surface area contributed by atoms with Crippen LogP contribution in [0.1, 0.15) is 42.1 Å². The molecule has 1 aromatic carbocycles. The Morgan fingerprint density at radius 2 is 2.10 bits per heavy atom. The first-order chi connectivity index (χ1) is 13.8. The van der Waals surface area contributed by atoms with Gasteiger partial charge >= 0.3 is 6.18 Å². The number of alkyl halides is 3. The highest BCUT2D eigenvalue weighted by atomic mass is 127. The van der Waals surface area contributed by atoms with Crippen LogP contribution in [0.4, 0.5) is 17.6 Å². The summed E-state index contributed by atoms with van der Waals surface area (Å²) in [5.74, 6) is 0.714. The van der Waals surface area contributed by atoms with Gasteiger partial charge in [0.25, 0.3) is 0 Å². The van der Waals surface area contributed by atoms with Crippen molar-refractivity contribution in [3.05, 3.63) is 45.7 Å². The van der Waals surface area contributed by atoms with E-state index in [-0.39, 0.29) is 47.3 Å². The van der Waals surface area contributed by atoms with Gasteiger partial charge in [-0.15, -0.1) is 35.3 Å². The molecule has 0 saturated heterocycles. The molecule has 1 heterocycles. The van der Waals surface area contributed by atoms with Gasteiger partial charge in [-0.1, -0.05) is 6.07 Å². The first kappa shape index (κ1) is 24.6. The number of aliphatic imine (C=N–C) groups is 1. The van der Waals surface area contributed by atoms with Gasteiger partial charge in [0.1, 0.15) is 5.01 Å². The van der Waals surface area contributed by atoms with Crippen LogP contribution in [0.5, 0.6) is 5.75 Å². The van der Waals surface area contributed by atoms with Gasteiger partial charge in [0.05, 0.1) is 19.2 Å². The Bertz CT molecular complexity index is 870. The summed E-state index contributed by atoms with van der Waals surface area (Å²) in [5.41, 5.74) is -0.215. The third-order valence-corrected chi connectivity index (χ3v) is 5.30. The van der Waals surface area contributed by atoms with Crippen molar-refractivity contribution in [3.8, 4) is 5.75 Å². The topological polar surface area (TPSA) is 58.5 Å². The third kappa shape index (κ3) is 6.96. The maximum atomic E-state index is 14.3. The molecule has 2 N–H and O–H groups in total. The Morgan fingerprint density at radius 3 is 2.67 bits per heavy atom. The van der Waals surface area contributed by atoms with Crippen LogP contribution in [0.25, 0.3) is 0 Å². The minimum absolute atomic E-state index is 0. The molecule has 5 nitrogen and oxygen atoms in total. The average Bonchev–Trinajstić information content (AvgIpc) is 3.37. The van der Waals surface area contributed by atoms with E-state index >= 15 is 0 Å². The van der Waals surface area contributed by atoms with Gasteiger partial charge in [0.15, 0.2) is 23.2 Å². The van der Waals surface area contributed by atoms with Gasteiger partial charge in [-0.2, -0.15) is 13.2 Å². The van der Waals surface area contributed by atoms with E-state index in [0.717, 1.165) is 29.6 Å². The predicted octanol–water partition coefficient (Wildman–Crippen LogP) is 5.13. The molecule has 0 spiro atoms. The molecule has 0 radical (unpaired) electrons. The maximum Gasteiger partial charge on any atom is 0.434 e. The number of ether oxygens (including phenoxy) is 1. The summed E-state index contributed by atoms with van der Waals surface area (Å²) < 4.78 is 57.6. The Labute approximate surface area is 193 Å². The fourth-order valence-electron chi connectivity index (χ4n) is 2.56. The maximum absolute atomic E-state index is 14.3. The van der Waals surface area contributed by atoms with E-state index in [2.05, 4.69) is 20.6 Å². The van der Waals surface area contributed by atoms with Gasteiger partial charge < -0.3 is 15.4 Å². The highest BCUT2D eigenvalue weighted by molar-refractivity contribution is 14.0. The van der Waals surface area contributed by atoms with Crippen LogP contribution in [-0.4, -0.2) is 24.6 Å². The number of nitrogens with one attached hydrogen (secondary N) is 2. The van der Waals surface area contributed by atoms with Gasteiger partial charge in [-0.25, -0.2) is 9.37 Å². The van der Waals surface area contributed by atoms with Crippen LogP contribution in [0.3, 0.4) is 0 Å². The molecule has 1 aromatic heterocycles. The van der Waals surface area contributed by atoms with Crippen LogP contribution < -0.4 is 15.4 Å². The highest BCUT2D eigenvalue weighted by Gasteiger charge is 2.33. The fraction of sp³-hybridized carbons (Fsp3) is 0.474. The number of guanidine groups is 1. The molecular weight excluding hydrogens is 535 g/mol. The molecule has 1 atom stereocenters. The summed E-state index contributed by atoms with van der Waals surface area (Å²) in [6.07, 6.45) is -2.20. The zero-order valence-electron chi connectivity index (χ0n) is 16.4. The van der Waals surface area contributed by atoms with Crippen molar-refractivity contribution in [3.63, 3.8) is 0 Å². The zero-order valence-corrected chi connectivity index (χ0v) is 19.6. The van der Waals surface area contributed by atoms with E-state index in [1.165, 1.54) is 6.07 Å². The molecule has 1 aliphatic rings. The van der Waals surface area contributed by atoms with Crippen LogP contribution in [0.15, 0.2) is 28.6 Å². The Hall–Kier alpha value is -1.63. The van der Waals surface area contributed by atoms with E-state index in [9.17, 15) is 17.6 Å². The molecule has 1 aliphatic carbocycles. The lowest BCUT2D eigenvalue weighted by molar-refractivity contribution is -0.140. The number of benzene rings is 1. The van der Waals surface area contributed by atoms with E-state index < -0.39 is 17.7 Å². The lowest BCUT2D eigenvalue weighted by Gasteiger charge is -2.18. The molecule has 0 bridgehead atoms. The molecule has 30 heavy (non-hydrogen) atoms. The number of rotatable bonds is 7. The number of nitrogens with zero attached hydrogens (tertiary/aromatic N) is 2. The standard InChI is InChI=1S/C19H22F4N4OS.HI/c1-11(13-5-6-15(14(20)7-13)28-9-12-3-4-12)26-18(24-2)25-8-17-27-16(10-29-17)19(21,22)23;/h5-7,10-12H,3-4,8-9H2,1-2H3,(H2,24,25,26);1H. The second-order valence-corrected chi connectivity index (χ2v) is 7.80. The van der Waals surface area contributed by atoms with Gasteiger partial charge in [0.2, 0.25) is 0 Å². The van der Waals surface area contributed by atoms with Crippen molar-refractivity contribution in [2.75, 3.05) is 13.7 Å². The second-order valence-electron chi connectivity index (χ2n) is 6.86. The number of hydrogen-bond acceptors (Lipinski definition) is 4. The molecule has 1 saturated carbocycles. The summed E-state index contributed by atoms with van der Waals surface area (Å²) in [4.78, 5) is 7.62. The second kappa shape index (κ2) is 10.6. The quantitative estimate of drug-likeness (QED) is 0.214. The minimum Gasteiger partial charge on any atom is -0.490 e. The predicted molar refractivity (Wildman–Crippen MR) is 119 cm³/mol. The van der Waals surface area contributed by atoms with Crippen molar-refractivity contribution < 1.29 is 22.3 Å². The summed E-state index contributed by atoms with van der Waals surface area (Å²) in [5, 5.41) is 7.27. The summed E-state index contributed by atoms with van der Waals surface area (Å²) in [7, 11) is 1.54. The van der Waals surface area contributed by atoms with E-state index in [1.54, 1.807) is 19.2 Å². The van der Waals surface area contributed by atoms with Crippen LogP contribution in [0.2, 0.25) is 0 Å². The monoisotopic (exact) mass is 558 g/mol. The van der Waals surface area contributed by atoms with Gasteiger partial charge in [-0.05, 0) is 43.4 Å². The van der Waals surface area contributed by atoms with Crippen molar-refractivity contribution in [2.45, 2.75) is 38.5 Å². The van der Waals surface area contributed by atoms with E-state index in [0.29, 0.717) is 24.0 Å². The van der Waals surface area contributed by atoms with E-state index in [4.69, 9.17) is 4.74 Å². The smallest absolute Gasteiger partial charge is 0.434 e. The Balaban J connectivity index is 0.00000320. The van der Waals surface area contributed by atoms with Crippen molar-refractivity contribution in [1.29, 1.82) is 0 Å². The molecule has 166 valence electrons. The number of halogens is 5. The SMILES string of the molecule is CN=C(NCc1nc(C(F)(F)F)cs1)NC(C)c1ccc(OCC2CC2)c(F)c1.I. The number of thiazole rings is 1. The highest BCUT2D eigenvalue weighted by Crippen LogP contribution is 2.31. The zero-order chi connectivity index (χ0) is 21.0. The number of hydrogen-bond donors (Lipinski definition) is 2. The minimum atomic E-state index is -4.46. The fourth-order valence-corrected chi connectivity index (χ4v) is 3.30. The molecule has 1 fully saturated rings. The summed E-state index contributed by atoms with van der Waals surface area (Å²) >= 11 is 0.919. The molecule has 2 aromatic rings. The first-order valence-electron chi connectivity index (χ1n) is 9.17. The largest absolute Gasteiger partial charge is 0.490 e. The summed E-state index contributed by atoms with van der Waals surface area (Å²) in [6.45, 7) is 2.46. The Kier molecular flexibility index (Phi) is 8.71. The van der Waals surface area contributed by atoms with Crippen LogP contribution in [-0.2, 0) is 12.7 Å².